The highest BCUT2D eigenvalue weighted by Crippen LogP contribution is 2.34. The van der Waals surface area contributed by atoms with E-state index in [1.165, 1.54) is 23.9 Å². The summed E-state index contributed by atoms with van der Waals surface area (Å²) >= 11 is 1.17. The van der Waals surface area contributed by atoms with E-state index >= 15 is 0 Å². The first-order chi connectivity index (χ1) is 11.4. The summed E-state index contributed by atoms with van der Waals surface area (Å²) in [4.78, 5) is 14.0. The monoisotopic (exact) mass is 370 g/mol. The normalized spacial score (nSPS) is 24.8. The average molecular weight is 370 g/mol. The molecule has 1 saturated carbocycles. The van der Waals surface area contributed by atoms with Gasteiger partial charge in [-0.3, -0.25) is 9.69 Å². The van der Waals surface area contributed by atoms with Crippen LogP contribution in [-0.4, -0.2) is 35.7 Å². The van der Waals surface area contributed by atoms with Crippen LogP contribution in [0.2, 0.25) is 0 Å². The number of rotatable bonds is 3. The summed E-state index contributed by atoms with van der Waals surface area (Å²) in [5.41, 5.74) is 0. The zero-order valence-corrected chi connectivity index (χ0v) is 14.9. The highest BCUT2D eigenvalue weighted by molar-refractivity contribution is 8.16. The van der Waals surface area contributed by atoms with Crippen molar-refractivity contribution in [1.82, 2.24) is 4.90 Å². The van der Waals surface area contributed by atoms with Gasteiger partial charge in [-0.1, -0.05) is 31.0 Å². The summed E-state index contributed by atoms with van der Waals surface area (Å²) in [6, 6.07) is 4.56. The third-order valence-corrected chi connectivity index (χ3v) is 6.77. The predicted molar refractivity (Wildman–Crippen MR) is 91.8 cm³/mol. The van der Waals surface area contributed by atoms with Gasteiger partial charge < -0.3 is 0 Å². The summed E-state index contributed by atoms with van der Waals surface area (Å²) in [5.74, 6) is -0.593. The van der Waals surface area contributed by atoms with E-state index < -0.39 is 15.8 Å². The Hall–Kier alpha value is -1.41. The molecule has 0 aromatic heterocycles. The Bertz CT molecular complexity index is 756. The lowest BCUT2D eigenvalue weighted by Crippen LogP contribution is -2.42. The molecule has 2 aliphatic rings. The van der Waals surface area contributed by atoms with Crippen LogP contribution >= 0.6 is 11.8 Å². The molecule has 0 radical (unpaired) electrons. The van der Waals surface area contributed by atoms with Crippen LogP contribution in [0.15, 0.2) is 33.6 Å². The molecule has 8 heteroatoms. The van der Waals surface area contributed by atoms with Crippen molar-refractivity contribution in [3.63, 3.8) is 0 Å². The maximum absolute atomic E-state index is 13.0. The van der Waals surface area contributed by atoms with Crippen LogP contribution in [0.4, 0.5) is 4.39 Å². The SMILES string of the molecule is CC1SC(=NS(=O)(=O)c2ccc(F)cc2)N(C2CCCCC2)C1=O. The van der Waals surface area contributed by atoms with Gasteiger partial charge in [0.25, 0.3) is 10.0 Å². The summed E-state index contributed by atoms with van der Waals surface area (Å²) in [5, 5.41) is -0.0992. The lowest BCUT2D eigenvalue weighted by molar-refractivity contribution is -0.127. The number of carbonyl (C=O) groups is 1. The quantitative estimate of drug-likeness (QED) is 0.820. The standard InChI is InChI=1S/C16H19FN2O3S2/c1-11-15(20)19(13-5-3-2-4-6-13)16(23-11)18-24(21,22)14-9-7-12(17)8-10-14/h7-11,13H,2-6H2,1H3. The van der Waals surface area contributed by atoms with Crippen molar-refractivity contribution < 1.29 is 17.6 Å². The van der Waals surface area contributed by atoms with Crippen LogP contribution in [0.25, 0.3) is 0 Å². The number of carbonyl (C=O) groups excluding carboxylic acids is 1. The Morgan fingerprint density at radius 3 is 2.42 bits per heavy atom. The Morgan fingerprint density at radius 2 is 1.79 bits per heavy atom. The maximum Gasteiger partial charge on any atom is 0.284 e. The number of amidine groups is 1. The first kappa shape index (κ1) is 17.4. The van der Waals surface area contributed by atoms with Crippen LogP contribution in [0.1, 0.15) is 39.0 Å². The number of thioether (sulfide) groups is 1. The number of nitrogens with zero attached hydrogens (tertiary/aromatic N) is 2. The van der Waals surface area contributed by atoms with Crippen LogP contribution < -0.4 is 0 Å². The second-order valence-electron chi connectivity index (χ2n) is 6.06. The lowest BCUT2D eigenvalue weighted by Gasteiger charge is -2.30. The van der Waals surface area contributed by atoms with Gasteiger partial charge in [-0.15, -0.1) is 4.40 Å². The summed E-state index contributed by atoms with van der Waals surface area (Å²) in [7, 11) is -3.97. The molecule has 0 bridgehead atoms. The van der Waals surface area contributed by atoms with Crippen molar-refractivity contribution in [3.8, 4) is 0 Å². The minimum Gasteiger partial charge on any atom is -0.287 e. The molecule has 0 N–H and O–H groups in total. The van der Waals surface area contributed by atoms with Crippen molar-refractivity contribution in [3.05, 3.63) is 30.1 Å². The molecule has 2 fully saturated rings. The third-order valence-electron chi connectivity index (χ3n) is 4.32. The van der Waals surface area contributed by atoms with Crippen molar-refractivity contribution in [1.29, 1.82) is 0 Å². The van der Waals surface area contributed by atoms with Gasteiger partial charge in [0.15, 0.2) is 5.17 Å². The fraction of sp³-hybridized carbons (Fsp3) is 0.500. The van der Waals surface area contributed by atoms with E-state index in [0.29, 0.717) is 0 Å². The fourth-order valence-corrected chi connectivity index (χ4v) is 5.29. The highest BCUT2D eigenvalue weighted by Gasteiger charge is 2.40. The molecule has 5 nitrogen and oxygen atoms in total. The molecule has 130 valence electrons. The van der Waals surface area contributed by atoms with Gasteiger partial charge in [-0.2, -0.15) is 8.42 Å². The van der Waals surface area contributed by atoms with Gasteiger partial charge in [-0.25, -0.2) is 4.39 Å². The second-order valence-corrected chi connectivity index (χ2v) is 8.98. The molecule has 1 atom stereocenters. The zero-order valence-electron chi connectivity index (χ0n) is 13.3. The van der Waals surface area contributed by atoms with Crippen molar-refractivity contribution in [2.24, 2.45) is 4.40 Å². The zero-order chi connectivity index (χ0) is 17.3. The molecular weight excluding hydrogens is 351 g/mol. The molecule has 24 heavy (non-hydrogen) atoms. The van der Waals surface area contributed by atoms with Gasteiger partial charge in [0.05, 0.1) is 10.1 Å². The van der Waals surface area contributed by atoms with Crippen LogP contribution in [0.3, 0.4) is 0 Å². The topological polar surface area (TPSA) is 66.8 Å². The summed E-state index contributed by atoms with van der Waals surface area (Å²) in [6.07, 6.45) is 4.95. The molecule has 1 aliphatic carbocycles. The van der Waals surface area contributed by atoms with E-state index in [0.717, 1.165) is 44.2 Å². The molecular formula is C16H19FN2O3S2. The van der Waals surface area contributed by atoms with Gasteiger partial charge in [-0.05, 0) is 44.0 Å². The maximum atomic E-state index is 13.0. The van der Waals surface area contributed by atoms with E-state index in [4.69, 9.17) is 0 Å². The minimum absolute atomic E-state index is 0.0193. The number of benzene rings is 1. The van der Waals surface area contributed by atoms with Gasteiger partial charge in [0, 0.05) is 6.04 Å². The predicted octanol–water partition coefficient (Wildman–Crippen LogP) is 3.17. The fourth-order valence-electron chi connectivity index (χ4n) is 3.06. The Balaban J connectivity index is 1.93. The first-order valence-electron chi connectivity index (χ1n) is 7.99. The van der Waals surface area contributed by atoms with Crippen molar-refractivity contribution in [2.45, 2.75) is 55.2 Å². The van der Waals surface area contributed by atoms with Crippen LogP contribution in [0, 0.1) is 5.82 Å². The van der Waals surface area contributed by atoms with Gasteiger partial charge in [0.1, 0.15) is 5.82 Å². The Kier molecular flexibility index (Phi) is 4.96. The van der Waals surface area contributed by atoms with E-state index in [1.807, 2.05) is 0 Å². The minimum atomic E-state index is -3.97. The molecule has 1 saturated heterocycles. The molecule has 1 aliphatic heterocycles. The van der Waals surface area contributed by atoms with E-state index in [1.54, 1.807) is 11.8 Å². The van der Waals surface area contributed by atoms with Crippen LogP contribution in [-0.2, 0) is 14.8 Å². The molecule has 1 heterocycles. The molecule has 1 aromatic rings. The van der Waals surface area contributed by atoms with Gasteiger partial charge >= 0.3 is 0 Å². The largest absolute Gasteiger partial charge is 0.287 e. The number of hydrogen-bond donors (Lipinski definition) is 0. The number of hydrogen-bond acceptors (Lipinski definition) is 4. The molecule has 1 amide bonds. The highest BCUT2D eigenvalue weighted by atomic mass is 32.2. The Morgan fingerprint density at radius 1 is 1.17 bits per heavy atom. The molecule has 1 aromatic carbocycles. The number of sulfonamides is 1. The first-order valence-corrected chi connectivity index (χ1v) is 10.3. The number of halogens is 1. The molecule has 0 spiro atoms. The van der Waals surface area contributed by atoms with Crippen molar-refractivity contribution in [2.75, 3.05) is 0 Å². The Labute approximate surface area is 145 Å². The number of amides is 1. The van der Waals surface area contributed by atoms with E-state index in [2.05, 4.69) is 4.40 Å². The lowest BCUT2D eigenvalue weighted by atomic mass is 9.94. The molecule has 3 rings (SSSR count). The average Bonchev–Trinajstić information content (AvgIpc) is 2.82. The van der Waals surface area contributed by atoms with E-state index in [9.17, 15) is 17.6 Å². The third kappa shape index (κ3) is 3.49. The summed E-state index contributed by atoms with van der Waals surface area (Å²) < 4.78 is 41.9. The molecule has 1 unspecified atom stereocenters. The van der Waals surface area contributed by atoms with Crippen LogP contribution in [0.5, 0.6) is 0 Å². The van der Waals surface area contributed by atoms with Gasteiger partial charge in [0.2, 0.25) is 5.91 Å². The van der Waals surface area contributed by atoms with E-state index in [-0.39, 0.29) is 27.3 Å². The smallest absolute Gasteiger partial charge is 0.284 e. The van der Waals surface area contributed by atoms with Crippen molar-refractivity contribution >= 4 is 32.9 Å². The second kappa shape index (κ2) is 6.84. The summed E-state index contributed by atoms with van der Waals surface area (Å²) in [6.45, 7) is 1.76.